The van der Waals surface area contributed by atoms with Crippen LogP contribution < -0.4 is 15.8 Å². The zero-order valence-electron chi connectivity index (χ0n) is 12.0. The van der Waals surface area contributed by atoms with Crippen LogP contribution in [0, 0.1) is 6.92 Å². The number of hydrogen-bond acceptors (Lipinski definition) is 3. The Kier molecular flexibility index (Phi) is 5.69. The van der Waals surface area contributed by atoms with Gasteiger partial charge in [0.25, 0.3) is 5.91 Å². The van der Waals surface area contributed by atoms with E-state index in [0.717, 1.165) is 21.3 Å². The molecule has 4 nitrogen and oxygen atoms in total. The Hall–Kier alpha value is -1.72. The van der Waals surface area contributed by atoms with Crippen LogP contribution in [0.3, 0.4) is 0 Å². The predicted molar refractivity (Wildman–Crippen MR) is 92.3 cm³/mol. The van der Waals surface area contributed by atoms with E-state index in [1.54, 1.807) is 18.2 Å². The van der Waals surface area contributed by atoms with E-state index in [2.05, 4.69) is 21.2 Å². The van der Waals surface area contributed by atoms with Crippen LogP contribution in [-0.4, -0.2) is 12.5 Å². The summed E-state index contributed by atoms with van der Waals surface area (Å²) >= 11 is 9.47. The fourth-order valence-corrected chi connectivity index (χ4v) is 2.66. The molecule has 1 amide bonds. The number of primary amides is 1. The minimum absolute atomic E-state index is 0.161. The number of carbonyl (C=O) groups excluding carboxylic acids is 1. The number of rotatable bonds is 6. The highest BCUT2D eigenvalue weighted by molar-refractivity contribution is 9.10. The van der Waals surface area contributed by atoms with E-state index >= 15 is 0 Å². The van der Waals surface area contributed by atoms with Gasteiger partial charge in [-0.25, -0.2) is 0 Å². The number of aryl methyl sites for hydroxylation is 1. The molecule has 0 atom stereocenters. The summed E-state index contributed by atoms with van der Waals surface area (Å²) in [6.07, 6.45) is 0. The smallest absolute Gasteiger partial charge is 0.255 e. The Bertz CT molecular complexity index is 692. The van der Waals surface area contributed by atoms with Gasteiger partial charge in [0, 0.05) is 27.3 Å². The van der Waals surface area contributed by atoms with Crippen LogP contribution in [0.4, 0.5) is 5.69 Å². The van der Waals surface area contributed by atoms with Crippen molar-refractivity contribution >= 4 is 39.1 Å². The topological polar surface area (TPSA) is 64.3 Å². The van der Waals surface area contributed by atoms with E-state index in [4.69, 9.17) is 22.1 Å². The molecule has 0 aliphatic carbocycles. The van der Waals surface area contributed by atoms with Crippen LogP contribution in [0.25, 0.3) is 0 Å². The average molecular weight is 384 g/mol. The molecule has 0 spiro atoms. The van der Waals surface area contributed by atoms with E-state index in [-0.39, 0.29) is 6.61 Å². The van der Waals surface area contributed by atoms with Gasteiger partial charge in [-0.2, -0.15) is 0 Å². The number of hydrogen-bond donors (Lipinski definition) is 2. The van der Waals surface area contributed by atoms with Gasteiger partial charge in [-0.05, 0) is 48.9 Å². The number of amides is 1. The van der Waals surface area contributed by atoms with Gasteiger partial charge in [-0.1, -0.05) is 27.5 Å². The number of benzene rings is 2. The summed E-state index contributed by atoms with van der Waals surface area (Å²) < 4.78 is 6.44. The molecule has 6 heteroatoms. The number of nitrogens with one attached hydrogen (secondary N) is 1. The highest BCUT2D eigenvalue weighted by atomic mass is 79.9. The summed E-state index contributed by atoms with van der Waals surface area (Å²) in [5, 5.41) is 3.94. The zero-order chi connectivity index (χ0) is 16.1. The summed E-state index contributed by atoms with van der Waals surface area (Å²) in [5.41, 5.74) is 8.11. The molecule has 0 saturated carbocycles. The van der Waals surface area contributed by atoms with Crippen molar-refractivity contribution < 1.29 is 9.53 Å². The van der Waals surface area contributed by atoms with Crippen molar-refractivity contribution in [2.45, 2.75) is 13.5 Å². The summed E-state index contributed by atoms with van der Waals surface area (Å²) in [5.74, 6) is 0.0723. The minimum Gasteiger partial charge on any atom is -0.483 e. The molecule has 116 valence electrons. The molecular formula is C16H16BrClN2O2. The van der Waals surface area contributed by atoms with Crippen molar-refractivity contribution in [1.82, 2.24) is 0 Å². The monoisotopic (exact) mass is 382 g/mol. The van der Waals surface area contributed by atoms with E-state index in [9.17, 15) is 4.79 Å². The zero-order valence-corrected chi connectivity index (χ0v) is 14.4. The van der Waals surface area contributed by atoms with Gasteiger partial charge in [0.1, 0.15) is 5.75 Å². The van der Waals surface area contributed by atoms with Crippen LogP contribution in [0.15, 0.2) is 40.9 Å². The first-order valence-electron chi connectivity index (χ1n) is 6.65. The standard InChI is InChI=1S/C16H16BrClN2O2/c1-10-6-12(17)2-4-14(10)20-8-11-7-13(18)3-5-15(11)22-9-16(19)21/h2-7,20H,8-9H2,1H3,(H2,19,21). The van der Waals surface area contributed by atoms with Crippen LogP contribution in [0.5, 0.6) is 5.75 Å². The lowest BCUT2D eigenvalue weighted by Gasteiger charge is -2.14. The third-order valence-electron chi connectivity index (χ3n) is 3.05. The molecule has 2 aromatic rings. The second-order valence-electron chi connectivity index (χ2n) is 4.82. The fraction of sp³-hybridized carbons (Fsp3) is 0.188. The Morgan fingerprint density at radius 3 is 2.77 bits per heavy atom. The van der Waals surface area contributed by atoms with E-state index < -0.39 is 5.91 Å². The molecular weight excluding hydrogens is 368 g/mol. The number of anilines is 1. The predicted octanol–water partition coefficient (Wildman–Crippen LogP) is 3.89. The summed E-state index contributed by atoms with van der Waals surface area (Å²) in [7, 11) is 0. The van der Waals surface area contributed by atoms with Gasteiger partial charge >= 0.3 is 0 Å². The Labute approximate surface area is 142 Å². The number of carbonyl (C=O) groups is 1. The molecule has 3 N–H and O–H groups in total. The SMILES string of the molecule is Cc1cc(Br)ccc1NCc1cc(Cl)ccc1OCC(N)=O. The lowest BCUT2D eigenvalue weighted by molar-refractivity contribution is -0.119. The molecule has 0 bridgehead atoms. The molecule has 2 rings (SSSR count). The van der Waals surface area contributed by atoms with Crippen LogP contribution in [-0.2, 0) is 11.3 Å². The van der Waals surface area contributed by atoms with Crippen molar-refractivity contribution in [2.75, 3.05) is 11.9 Å². The van der Waals surface area contributed by atoms with Crippen LogP contribution >= 0.6 is 27.5 Å². The fourth-order valence-electron chi connectivity index (χ4n) is 1.99. The molecule has 0 unspecified atom stereocenters. The van der Waals surface area contributed by atoms with Gasteiger partial charge in [-0.3, -0.25) is 4.79 Å². The number of ether oxygens (including phenoxy) is 1. The maximum atomic E-state index is 10.9. The molecule has 2 aromatic carbocycles. The third kappa shape index (κ3) is 4.64. The summed E-state index contributed by atoms with van der Waals surface area (Å²) in [6.45, 7) is 2.39. The van der Waals surface area contributed by atoms with Gasteiger partial charge in [0.15, 0.2) is 6.61 Å². The molecule has 22 heavy (non-hydrogen) atoms. The first-order chi connectivity index (χ1) is 10.5. The van der Waals surface area contributed by atoms with Crippen molar-refractivity contribution in [3.8, 4) is 5.75 Å². The molecule has 0 radical (unpaired) electrons. The van der Waals surface area contributed by atoms with Crippen molar-refractivity contribution in [3.05, 3.63) is 57.0 Å². The van der Waals surface area contributed by atoms with Gasteiger partial charge in [0.2, 0.25) is 0 Å². The maximum absolute atomic E-state index is 10.9. The van der Waals surface area contributed by atoms with Crippen LogP contribution in [0.2, 0.25) is 5.02 Å². The molecule has 0 saturated heterocycles. The first kappa shape index (κ1) is 16.6. The van der Waals surface area contributed by atoms with E-state index in [1.807, 2.05) is 25.1 Å². The van der Waals surface area contributed by atoms with E-state index in [0.29, 0.717) is 17.3 Å². The average Bonchev–Trinajstić information content (AvgIpc) is 2.45. The quantitative estimate of drug-likeness (QED) is 0.795. The Morgan fingerprint density at radius 1 is 1.32 bits per heavy atom. The number of nitrogens with two attached hydrogens (primary N) is 1. The lowest BCUT2D eigenvalue weighted by Crippen LogP contribution is -2.20. The molecule has 0 aliphatic rings. The normalized spacial score (nSPS) is 10.3. The first-order valence-corrected chi connectivity index (χ1v) is 7.82. The summed E-state index contributed by atoms with van der Waals surface area (Å²) in [4.78, 5) is 10.9. The maximum Gasteiger partial charge on any atom is 0.255 e. The van der Waals surface area contributed by atoms with Gasteiger partial charge < -0.3 is 15.8 Å². The second-order valence-corrected chi connectivity index (χ2v) is 6.17. The second kappa shape index (κ2) is 7.51. The number of halogens is 2. The lowest BCUT2D eigenvalue weighted by atomic mass is 10.1. The van der Waals surface area contributed by atoms with Gasteiger partial charge in [0.05, 0.1) is 0 Å². The largest absolute Gasteiger partial charge is 0.483 e. The van der Waals surface area contributed by atoms with E-state index in [1.165, 1.54) is 0 Å². The van der Waals surface area contributed by atoms with Crippen molar-refractivity contribution in [1.29, 1.82) is 0 Å². The Balaban J connectivity index is 2.13. The van der Waals surface area contributed by atoms with Gasteiger partial charge in [-0.15, -0.1) is 0 Å². The van der Waals surface area contributed by atoms with Crippen molar-refractivity contribution in [2.24, 2.45) is 5.73 Å². The third-order valence-corrected chi connectivity index (χ3v) is 3.78. The Morgan fingerprint density at radius 2 is 2.09 bits per heavy atom. The highest BCUT2D eigenvalue weighted by Crippen LogP contribution is 2.25. The minimum atomic E-state index is -0.516. The summed E-state index contributed by atoms with van der Waals surface area (Å²) in [6, 6.07) is 11.2. The molecule has 0 heterocycles. The van der Waals surface area contributed by atoms with Crippen LogP contribution in [0.1, 0.15) is 11.1 Å². The molecule has 0 aliphatic heterocycles. The highest BCUT2D eigenvalue weighted by Gasteiger charge is 2.07. The molecule has 0 aromatic heterocycles. The molecule has 0 fully saturated rings. The van der Waals surface area contributed by atoms with Crippen molar-refractivity contribution in [3.63, 3.8) is 0 Å².